The number of aromatic nitrogens is 5. The van der Waals surface area contributed by atoms with E-state index in [9.17, 15) is 0 Å². The van der Waals surface area contributed by atoms with Gasteiger partial charge >= 0.3 is 0 Å². The Hall–Kier alpha value is -2.54. The van der Waals surface area contributed by atoms with E-state index in [2.05, 4.69) is 51.6 Å². The fraction of sp³-hybridized carbons (Fsp3) is 0.333. The van der Waals surface area contributed by atoms with Crippen LogP contribution in [-0.4, -0.2) is 24.6 Å². The van der Waals surface area contributed by atoms with Gasteiger partial charge in [-0.3, -0.25) is 4.40 Å². The topological polar surface area (TPSA) is 68.0 Å². The lowest BCUT2D eigenvalue weighted by molar-refractivity contribution is 0.516. The van der Waals surface area contributed by atoms with Crippen molar-refractivity contribution in [1.82, 2.24) is 24.6 Å². The molecule has 0 saturated carbocycles. The Bertz CT molecular complexity index is 1050. The predicted molar refractivity (Wildman–Crippen MR) is 101 cm³/mol. The molecule has 6 nitrogen and oxygen atoms in total. The maximum Gasteiger partial charge on any atom is 0.160 e. The zero-order chi connectivity index (χ0) is 17.6. The summed E-state index contributed by atoms with van der Waals surface area (Å²) in [6.07, 6.45) is 2.00. The van der Waals surface area contributed by atoms with Gasteiger partial charge in [0.2, 0.25) is 0 Å². The van der Waals surface area contributed by atoms with Crippen molar-refractivity contribution in [3.05, 3.63) is 47.0 Å². The van der Waals surface area contributed by atoms with E-state index in [1.807, 2.05) is 35.7 Å². The molecule has 1 N–H and O–H groups in total. The molecule has 128 valence electrons. The maximum atomic E-state index is 4.67. The lowest BCUT2D eigenvalue weighted by Crippen LogP contribution is -2.21. The second kappa shape index (κ2) is 6.07. The number of nitrogens with one attached hydrogen (secondary N) is 1. The molecule has 4 aromatic rings. The molecule has 0 saturated heterocycles. The number of fused-ring (bicyclic) bond motifs is 2. The minimum atomic E-state index is -0.00537. The normalized spacial score (nSPS) is 13.0. The summed E-state index contributed by atoms with van der Waals surface area (Å²) >= 11 is 1.65. The standard InChI is InChI=1S/C18H20N6S/c1-10(2)15(17-23-22-13-7-5-6-8-24(13)17)21-16-14-11(3)9-25-18(14)20-12(4)19-16/h5-10,15H,1-4H3,(H,19,20,21). The molecule has 1 unspecified atom stereocenters. The Balaban J connectivity index is 1.83. The molecule has 0 amide bonds. The van der Waals surface area contributed by atoms with Gasteiger partial charge in [0.25, 0.3) is 0 Å². The lowest BCUT2D eigenvalue weighted by Gasteiger charge is -2.22. The highest BCUT2D eigenvalue weighted by molar-refractivity contribution is 7.17. The van der Waals surface area contributed by atoms with Crippen LogP contribution >= 0.6 is 11.3 Å². The van der Waals surface area contributed by atoms with Crippen molar-refractivity contribution in [2.24, 2.45) is 5.92 Å². The number of hydrogen-bond acceptors (Lipinski definition) is 6. The molecule has 0 radical (unpaired) electrons. The summed E-state index contributed by atoms with van der Waals surface area (Å²) in [5.74, 6) is 2.85. The number of nitrogens with zero attached hydrogens (tertiary/aromatic N) is 5. The van der Waals surface area contributed by atoms with Gasteiger partial charge in [0.1, 0.15) is 16.5 Å². The summed E-state index contributed by atoms with van der Waals surface area (Å²) in [7, 11) is 0. The highest BCUT2D eigenvalue weighted by atomic mass is 32.1. The molecule has 0 aliphatic rings. The predicted octanol–water partition coefficient (Wildman–Crippen LogP) is 4.16. The number of pyridine rings is 1. The first-order valence-corrected chi connectivity index (χ1v) is 9.21. The molecule has 4 aromatic heterocycles. The Kier molecular flexibility index (Phi) is 3.88. The minimum absolute atomic E-state index is 0.00537. The van der Waals surface area contributed by atoms with Crippen LogP contribution in [0.4, 0.5) is 5.82 Å². The van der Waals surface area contributed by atoms with Gasteiger partial charge in [0, 0.05) is 6.20 Å². The molecule has 0 spiro atoms. The SMILES string of the molecule is Cc1nc(NC(c2nnc3ccccn23)C(C)C)c2c(C)csc2n1. The third-order valence-corrected chi connectivity index (χ3v) is 5.30. The molecule has 0 aliphatic heterocycles. The van der Waals surface area contributed by atoms with Crippen molar-refractivity contribution >= 4 is 33.0 Å². The zero-order valence-electron chi connectivity index (χ0n) is 14.7. The van der Waals surface area contributed by atoms with E-state index in [0.29, 0.717) is 5.92 Å². The van der Waals surface area contributed by atoms with Crippen LogP contribution in [-0.2, 0) is 0 Å². The lowest BCUT2D eigenvalue weighted by atomic mass is 10.0. The third kappa shape index (κ3) is 2.74. The molecule has 4 heterocycles. The summed E-state index contributed by atoms with van der Waals surface area (Å²) in [5, 5.41) is 15.6. The van der Waals surface area contributed by atoms with Crippen molar-refractivity contribution in [3.8, 4) is 0 Å². The summed E-state index contributed by atoms with van der Waals surface area (Å²) in [6.45, 7) is 8.37. The van der Waals surface area contributed by atoms with Crippen LogP contribution in [0.5, 0.6) is 0 Å². The molecule has 0 fully saturated rings. The van der Waals surface area contributed by atoms with Gasteiger partial charge in [-0.1, -0.05) is 19.9 Å². The van der Waals surface area contributed by atoms with Crippen molar-refractivity contribution in [2.45, 2.75) is 33.7 Å². The summed E-state index contributed by atoms with van der Waals surface area (Å²) in [5.41, 5.74) is 2.04. The summed E-state index contributed by atoms with van der Waals surface area (Å²) < 4.78 is 2.03. The first-order chi connectivity index (χ1) is 12.0. The van der Waals surface area contributed by atoms with Gasteiger partial charge in [-0.15, -0.1) is 21.5 Å². The monoisotopic (exact) mass is 352 g/mol. The molecule has 1 atom stereocenters. The number of thiophene rings is 1. The first kappa shape index (κ1) is 16.0. The Labute approximate surface area is 150 Å². The van der Waals surface area contributed by atoms with Crippen LogP contribution in [0.2, 0.25) is 0 Å². The molecular formula is C18H20N6S. The smallest absolute Gasteiger partial charge is 0.160 e. The third-order valence-electron chi connectivity index (χ3n) is 4.31. The van der Waals surface area contributed by atoms with E-state index >= 15 is 0 Å². The molecule has 0 aromatic carbocycles. The fourth-order valence-electron chi connectivity index (χ4n) is 3.04. The maximum absolute atomic E-state index is 4.67. The van der Waals surface area contributed by atoms with E-state index in [0.717, 1.165) is 33.3 Å². The Morgan fingerprint density at radius 3 is 2.76 bits per heavy atom. The number of hydrogen-bond donors (Lipinski definition) is 1. The largest absolute Gasteiger partial charge is 0.359 e. The van der Waals surface area contributed by atoms with Gasteiger partial charge in [0.15, 0.2) is 11.5 Å². The van der Waals surface area contributed by atoms with Gasteiger partial charge in [0.05, 0.1) is 11.4 Å². The fourth-order valence-corrected chi connectivity index (χ4v) is 4.01. The molecule has 0 aliphatic carbocycles. The number of rotatable bonds is 4. The van der Waals surface area contributed by atoms with Gasteiger partial charge in [-0.05, 0) is 42.8 Å². The van der Waals surface area contributed by atoms with Crippen molar-refractivity contribution in [2.75, 3.05) is 5.32 Å². The van der Waals surface area contributed by atoms with Gasteiger partial charge in [-0.2, -0.15) is 0 Å². The van der Waals surface area contributed by atoms with Crippen molar-refractivity contribution in [1.29, 1.82) is 0 Å². The van der Waals surface area contributed by atoms with Crippen LogP contribution in [0.3, 0.4) is 0 Å². The molecule has 25 heavy (non-hydrogen) atoms. The van der Waals surface area contributed by atoms with Crippen molar-refractivity contribution in [3.63, 3.8) is 0 Å². The molecule has 0 bridgehead atoms. The highest BCUT2D eigenvalue weighted by Gasteiger charge is 2.23. The summed E-state index contributed by atoms with van der Waals surface area (Å²) in [6, 6.07) is 5.92. The number of anilines is 1. The molecule has 4 rings (SSSR count). The first-order valence-electron chi connectivity index (χ1n) is 8.33. The van der Waals surface area contributed by atoms with E-state index in [4.69, 9.17) is 0 Å². The zero-order valence-corrected chi connectivity index (χ0v) is 15.5. The van der Waals surface area contributed by atoms with Crippen LogP contribution in [0.15, 0.2) is 29.8 Å². The Morgan fingerprint density at radius 1 is 1.12 bits per heavy atom. The van der Waals surface area contributed by atoms with E-state index in [-0.39, 0.29) is 6.04 Å². The average molecular weight is 352 g/mol. The van der Waals surface area contributed by atoms with E-state index < -0.39 is 0 Å². The molecular weight excluding hydrogens is 332 g/mol. The molecule has 7 heteroatoms. The second-order valence-electron chi connectivity index (χ2n) is 6.57. The second-order valence-corrected chi connectivity index (χ2v) is 7.43. The van der Waals surface area contributed by atoms with E-state index in [1.54, 1.807) is 11.3 Å². The average Bonchev–Trinajstić information content (AvgIpc) is 3.16. The highest BCUT2D eigenvalue weighted by Crippen LogP contribution is 2.33. The summed E-state index contributed by atoms with van der Waals surface area (Å²) in [4.78, 5) is 10.2. The van der Waals surface area contributed by atoms with Crippen LogP contribution in [0.25, 0.3) is 15.9 Å². The Morgan fingerprint density at radius 2 is 1.96 bits per heavy atom. The van der Waals surface area contributed by atoms with E-state index in [1.165, 1.54) is 5.56 Å². The minimum Gasteiger partial charge on any atom is -0.359 e. The van der Waals surface area contributed by atoms with Crippen LogP contribution < -0.4 is 5.32 Å². The van der Waals surface area contributed by atoms with Gasteiger partial charge < -0.3 is 5.32 Å². The van der Waals surface area contributed by atoms with Crippen LogP contribution in [0, 0.1) is 19.8 Å². The van der Waals surface area contributed by atoms with Crippen molar-refractivity contribution < 1.29 is 0 Å². The quantitative estimate of drug-likeness (QED) is 0.597. The van der Waals surface area contributed by atoms with Crippen LogP contribution in [0.1, 0.15) is 37.1 Å². The van der Waals surface area contributed by atoms with Gasteiger partial charge in [-0.25, -0.2) is 9.97 Å². The number of aryl methyl sites for hydroxylation is 2.